The van der Waals surface area contributed by atoms with Crippen LogP contribution in [0.2, 0.25) is 0 Å². The molecule has 0 aliphatic rings. The minimum atomic E-state index is -0.615. The summed E-state index contributed by atoms with van der Waals surface area (Å²) in [4.78, 5) is 12.0. The van der Waals surface area contributed by atoms with Crippen LogP contribution in [-0.4, -0.2) is 16.1 Å². The first kappa shape index (κ1) is 13.9. The fourth-order valence-corrected chi connectivity index (χ4v) is 1.82. The van der Waals surface area contributed by atoms with Crippen molar-refractivity contribution in [2.45, 2.75) is 13.8 Å². The summed E-state index contributed by atoms with van der Waals surface area (Å²) in [6, 6.07) is 6.36. The number of amides is 1. The van der Waals surface area contributed by atoms with Gasteiger partial charge in [-0.3, -0.25) is 4.79 Å². The van der Waals surface area contributed by atoms with E-state index < -0.39 is 17.5 Å². The fraction of sp³-hybridized carbons (Fsp3) is 0.133. The summed E-state index contributed by atoms with van der Waals surface area (Å²) in [6.45, 7) is 3.44. The van der Waals surface area contributed by atoms with Crippen LogP contribution in [0.5, 0.6) is 11.5 Å². The highest BCUT2D eigenvalue weighted by atomic mass is 19.1. The average molecular weight is 275 g/mol. The van der Waals surface area contributed by atoms with Crippen LogP contribution >= 0.6 is 0 Å². The molecule has 2 aromatic carbocycles. The van der Waals surface area contributed by atoms with Gasteiger partial charge in [-0.1, -0.05) is 0 Å². The number of benzene rings is 2. The summed E-state index contributed by atoms with van der Waals surface area (Å²) >= 11 is 0. The lowest BCUT2D eigenvalue weighted by Gasteiger charge is -2.11. The van der Waals surface area contributed by atoms with E-state index in [1.165, 1.54) is 12.1 Å². The molecule has 4 nitrogen and oxygen atoms in total. The Morgan fingerprint density at radius 2 is 1.75 bits per heavy atom. The zero-order valence-electron chi connectivity index (χ0n) is 11.1. The maximum Gasteiger partial charge on any atom is 0.259 e. The monoisotopic (exact) mass is 275 g/mol. The summed E-state index contributed by atoms with van der Waals surface area (Å²) in [7, 11) is 0. The molecule has 0 fully saturated rings. The summed E-state index contributed by atoms with van der Waals surface area (Å²) < 4.78 is 12.9. The van der Waals surface area contributed by atoms with Crippen LogP contribution in [-0.2, 0) is 0 Å². The molecule has 0 spiro atoms. The fourth-order valence-electron chi connectivity index (χ4n) is 1.82. The van der Waals surface area contributed by atoms with Gasteiger partial charge in [0.25, 0.3) is 5.91 Å². The third-order valence-corrected chi connectivity index (χ3v) is 3.00. The quantitative estimate of drug-likeness (QED) is 0.737. The molecule has 5 heteroatoms. The summed E-state index contributed by atoms with van der Waals surface area (Å²) in [5.41, 5.74) is 1.81. The standard InChI is InChI=1S/C15H14FNO3/c1-8-6-13(18)9(2)5-12(8)17-15(20)11-4-3-10(16)7-14(11)19/h3-7,18-19H,1-2H3,(H,17,20). The Morgan fingerprint density at radius 1 is 1.05 bits per heavy atom. The zero-order chi connectivity index (χ0) is 14.9. The number of halogens is 1. The highest BCUT2D eigenvalue weighted by Crippen LogP contribution is 2.26. The normalized spacial score (nSPS) is 10.3. The van der Waals surface area contributed by atoms with E-state index >= 15 is 0 Å². The molecule has 20 heavy (non-hydrogen) atoms. The van der Waals surface area contributed by atoms with Crippen LogP contribution in [0.4, 0.5) is 10.1 Å². The molecular weight excluding hydrogens is 261 g/mol. The Morgan fingerprint density at radius 3 is 2.40 bits per heavy atom. The zero-order valence-corrected chi connectivity index (χ0v) is 11.1. The topological polar surface area (TPSA) is 69.6 Å². The van der Waals surface area contributed by atoms with Gasteiger partial charge in [-0.15, -0.1) is 0 Å². The molecule has 0 bridgehead atoms. The van der Waals surface area contributed by atoms with Crippen molar-refractivity contribution >= 4 is 11.6 Å². The number of carbonyl (C=O) groups is 1. The Hall–Kier alpha value is -2.56. The lowest BCUT2D eigenvalue weighted by atomic mass is 10.1. The Bertz CT molecular complexity index is 683. The van der Waals surface area contributed by atoms with E-state index in [4.69, 9.17) is 0 Å². The predicted octanol–water partition coefficient (Wildman–Crippen LogP) is 3.11. The number of carbonyl (C=O) groups excluding carboxylic acids is 1. The minimum Gasteiger partial charge on any atom is -0.508 e. The second kappa shape index (κ2) is 5.21. The number of phenolic OH excluding ortho intramolecular Hbond substituents is 2. The van der Waals surface area contributed by atoms with Gasteiger partial charge in [0, 0.05) is 11.8 Å². The summed E-state index contributed by atoms with van der Waals surface area (Å²) in [5, 5.41) is 21.7. The number of nitrogens with one attached hydrogen (secondary N) is 1. The smallest absolute Gasteiger partial charge is 0.259 e. The van der Waals surface area contributed by atoms with Crippen LogP contribution in [0.3, 0.4) is 0 Å². The van der Waals surface area contributed by atoms with Gasteiger partial charge >= 0.3 is 0 Å². The molecule has 2 aromatic rings. The van der Waals surface area contributed by atoms with Gasteiger partial charge in [-0.25, -0.2) is 4.39 Å². The van der Waals surface area contributed by atoms with Crippen LogP contribution in [0.25, 0.3) is 0 Å². The summed E-state index contributed by atoms with van der Waals surface area (Å²) in [5.74, 6) is -1.44. The molecule has 0 atom stereocenters. The van der Waals surface area contributed by atoms with E-state index in [9.17, 15) is 19.4 Å². The van der Waals surface area contributed by atoms with Crippen molar-refractivity contribution in [3.63, 3.8) is 0 Å². The van der Waals surface area contributed by atoms with Crippen molar-refractivity contribution < 1.29 is 19.4 Å². The number of aromatic hydroxyl groups is 2. The molecule has 104 valence electrons. The number of hydrogen-bond acceptors (Lipinski definition) is 3. The van der Waals surface area contributed by atoms with Gasteiger partial charge in [0.2, 0.25) is 0 Å². The maximum absolute atomic E-state index is 12.9. The number of hydrogen-bond donors (Lipinski definition) is 3. The third kappa shape index (κ3) is 2.71. The Balaban J connectivity index is 2.30. The van der Waals surface area contributed by atoms with E-state index in [1.54, 1.807) is 19.9 Å². The molecule has 0 heterocycles. The maximum atomic E-state index is 12.9. The van der Waals surface area contributed by atoms with E-state index in [0.29, 0.717) is 16.8 Å². The molecule has 0 aliphatic carbocycles. The van der Waals surface area contributed by atoms with Crippen LogP contribution in [0.1, 0.15) is 21.5 Å². The second-order valence-corrected chi connectivity index (χ2v) is 4.57. The van der Waals surface area contributed by atoms with Crippen LogP contribution in [0, 0.1) is 19.7 Å². The minimum absolute atomic E-state index is 0.0171. The van der Waals surface area contributed by atoms with Crippen LogP contribution < -0.4 is 5.32 Å². The first-order valence-corrected chi connectivity index (χ1v) is 5.98. The number of rotatable bonds is 2. The second-order valence-electron chi connectivity index (χ2n) is 4.57. The highest BCUT2D eigenvalue weighted by Gasteiger charge is 2.13. The Kier molecular flexibility index (Phi) is 3.61. The molecule has 0 saturated carbocycles. The lowest BCUT2D eigenvalue weighted by molar-refractivity contribution is 0.102. The van der Waals surface area contributed by atoms with Gasteiger partial charge < -0.3 is 15.5 Å². The van der Waals surface area contributed by atoms with Gasteiger partial charge in [0.1, 0.15) is 17.3 Å². The molecule has 2 rings (SSSR count). The first-order valence-electron chi connectivity index (χ1n) is 5.98. The SMILES string of the molecule is Cc1cc(NC(=O)c2ccc(F)cc2O)c(C)cc1O. The van der Waals surface area contributed by atoms with Gasteiger partial charge in [-0.05, 0) is 49.2 Å². The molecule has 0 aliphatic heterocycles. The Labute approximate surface area is 115 Å². The third-order valence-electron chi connectivity index (χ3n) is 3.00. The van der Waals surface area contributed by atoms with Crippen molar-refractivity contribution in [2.75, 3.05) is 5.32 Å². The molecule has 0 radical (unpaired) electrons. The number of anilines is 1. The number of phenols is 2. The van der Waals surface area contributed by atoms with Gasteiger partial charge in [-0.2, -0.15) is 0 Å². The molecule has 0 aromatic heterocycles. The van der Waals surface area contributed by atoms with Crippen molar-refractivity contribution in [1.82, 2.24) is 0 Å². The van der Waals surface area contributed by atoms with Crippen molar-refractivity contribution in [3.8, 4) is 11.5 Å². The first-order chi connectivity index (χ1) is 9.38. The summed E-state index contributed by atoms with van der Waals surface area (Å²) in [6.07, 6.45) is 0. The van der Waals surface area contributed by atoms with E-state index in [2.05, 4.69) is 5.32 Å². The average Bonchev–Trinajstić information content (AvgIpc) is 2.35. The van der Waals surface area contributed by atoms with Crippen molar-refractivity contribution in [2.24, 2.45) is 0 Å². The molecule has 0 saturated heterocycles. The van der Waals surface area contributed by atoms with Crippen molar-refractivity contribution in [3.05, 3.63) is 52.8 Å². The molecule has 3 N–H and O–H groups in total. The predicted molar refractivity (Wildman–Crippen MR) is 73.6 cm³/mol. The molecule has 1 amide bonds. The molecular formula is C15H14FNO3. The van der Waals surface area contributed by atoms with Crippen LogP contribution in [0.15, 0.2) is 30.3 Å². The largest absolute Gasteiger partial charge is 0.508 e. The lowest BCUT2D eigenvalue weighted by Crippen LogP contribution is -2.13. The van der Waals surface area contributed by atoms with E-state index in [1.807, 2.05) is 0 Å². The van der Waals surface area contributed by atoms with E-state index in [0.717, 1.165) is 12.1 Å². The van der Waals surface area contributed by atoms with E-state index in [-0.39, 0.29) is 11.3 Å². The van der Waals surface area contributed by atoms with Crippen molar-refractivity contribution in [1.29, 1.82) is 0 Å². The number of aryl methyl sites for hydroxylation is 2. The van der Waals surface area contributed by atoms with Gasteiger partial charge in [0.15, 0.2) is 0 Å². The van der Waals surface area contributed by atoms with Gasteiger partial charge in [0.05, 0.1) is 5.56 Å². The highest BCUT2D eigenvalue weighted by molar-refractivity contribution is 6.06. The molecule has 0 unspecified atom stereocenters.